The van der Waals surface area contributed by atoms with Gasteiger partial charge in [0.25, 0.3) is 0 Å². The Morgan fingerprint density at radius 1 is 1.10 bits per heavy atom. The molecule has 0 unspecified atom stereocenters. The summed E-state index contributed by atoms with van der Waals surface area (Å²) in [5.41, 5.74) is 0.785. The van der Waals surface area contributed by atoms with Crippen LogP contribution in [0.2, 0.25) is 0 Å². The van der Waals surface area contributed by atoms with Gasteiger partial charge in [-0.1, -0.05) is 0 Å². The SMILES string of the molecule is CCOc1ncc([C@]2(O)CC[C@H]3CN(Cc4cnc(C)nc4)C[C@H]32)c(OCC)n1. The van der Waals surface area contributed by atoms with Gasteiger partial charge in [-0.05, 0) is 39.5 Å². The lowest BCUT2D eigenvalue weighted by molar-refractivity contribution is -0.0101. The van der Waals surface area contributed by atoms with Gasteiger partial charge in [-0.2, -0.15) is 4.98 Å². The van der Waals surface area contributed by atoms with Gasteiger partial charge in [-0.15, -0.1) is 0 Å². The molecule has 29 heavy (non-hydrogen) atoms. The van der Waals surface area contributed by atoms with Crippen LogP contribution in [-0.4, -0.2) is 56.2 Å². The largest absolute Gasteiger partial charge is 0.478 e. The molecule has 2 aromatic rings. The molecule has 0 aromatic carbocycles. The summed E-state index contributed by atoms with van der Waals surface area (Å²) < 4.78 is 11.2. The molecule has 0 spiro atoms. The second kappa shape index (κ2) is 8.20. The Kier molecular flexibility index (Phi) is 5.65. The Bertz CT molecular complexity index is 847. The Labute approximate surface area is 171 Å². The van der Waals surface area contributed by atoms with Gasteiger partial charge in [0.05, 0.1) is 18.8 Å². The van der Waals surface area contributed by atoms with Crippen molar-refractivity contribution < 1.29 is 14.6 Å². The third kappa shape index (κ3) is 3.91. The number of aliphatic hydroxyl groups is 1. The molecular formula is C21H29N5O3. The molecule has 1 aliphatic heterocycles. The van der Waals surface area contributed by atoms with Gasteiger partial charge in [0, 0.05) is 49.7 Å². The minimum atomic E-state index is -0.988. The predicted octanol–water partition coefficient (Wildman–Crippen LogP) is 2.10. The summed E-state index contributed by atoms with van der Waals surface area (Å²) in [5, 5.41) is 11.7. The fraction of sp³-hybridized carbons (Fsp3) is 0.619. The van der Waals surface area contributed by atoms with Crippen molar-refractivity contribution in [1.29, 1.82) is 0 Å². The fourth-order valence-corrected chi connectivity index (χ4v) is 4.70. The predicted molar refractivity (Wildman–Crippen MR) is 107 cm³/mol. The highest BCUT2D eigenvalue weighted by molar-refractivity contribution is 5.34. The van der Waals surface area contributed by atoms with E-state index in [1.165, 1.54) is 0 Å². The van der Waals surface area contributed by atoms with Gasteiger partial charge < -0.3 is 14.6 Å². The summed E-state index contributed by atoms with van der Waals surface area (Å²) in [5.74, 6) is 1.77. The Balaban J connectivity index is 1.55. The van der Waals surface area contributed by atoms with Crippen molar-refractivity contribution in [3.63, 3.8) is 0 Å². The summed E-state index contributed by atoms with van der Waals surface area (Å²) >= 11 is 0. The molecule has 2 aromatic heterocycles. The van der Waals surface area contributed by atoms with Crippen LogP contribution < -0.4 is 9.47 Å². The monoisotopic (exact) mass is 399 g/mol. The summed E-state index contributed by atoms with van der Waals surface area (Å²) in [7, 11) is 0. The maximum Gasteiger partial charge on any atom is 0.319 e. The first kappa shape index (κ1) is 20.0. The number of likely N-dealkylation sites (tertiary alicyclic amines) is 1. The van der Waals surface area contributed by atoms with Crippen LogP contribution in [0.15, 0.2) is 18.6 Å². The molecule has 2 fully saturated rings. The minimum Gasteiger partial charge on any atom is -0.478 e. The average Bonchev–Trinajstić information content (AvgIpc) is 3.25. The van der Waals surface area contributed by atoms with Crippen LogP contribution in [0.1, 0.15) is 43.6 Å². The fourth-order valence-electron chi connectivity index (χ4n) is 4.70. The molecule has 1 aliphatic carbocycles. The first-order valence-corrected chi connectivity index (χ1v) is 10.4. The molecule has 4 rings (SSSR count). The van der Waals surface area contributed by atoms with Crippen molar-refractivity contribution in [3.05, 3.63) is 35.5 Å². The van der Waals surface area contributed by atoms with Crippen LogP contribution in [0.25, 0.3) is 0 Å². The maximum atomic E-state index is 11.7. The Morgan fingerprint density at radius 2 is 1.86 bits per heavy atom. The second-order valence-corrected chi connectivity index (χ2v) is 7.90. The van der Waals surface area contributed by atoms with Crippen LogP contribution in [0.3, 0.4) is 0 Å². The van der Waals surface area contributed by atoms with Crippen molar-refractivity contribution >= 4 is 0 Å². The van der Waals surface area contributed by atoms with E-state index in [-0.39, 0.29) is 11.9 Å². The molecule has 1 N–H and O–H groups in total. The lowest BCUT2D eigenvalue weighted by Crippen LogP contribution is -2.35. The van der Waals surface area contributed by atoms with E-state index < -0.39 is 5.60 Å². The molecule has 2 aliphatic rings. The molecule has 3 heterocycles. The number of nitrogens with zero attached hydrogens (tertiary/aromatic N) is 5. The number of ether oxygens (including phenoxy) is 2. The number of hydrogen-bond acceptors (Lipinski definition) is 8. The van der Waals surface area contributed by atoms with Crippen molar-refractivity contribution in [3.8, 4) is 11.9 Å². The quantitative estimate of drug-likeness (QED) is 0.757. The number of rotatable bonds is 7. The normalized spacial score (nSPS) is 26.5. The average molecular weight is 399 g/mol. The van der Waals surface area contributed by atoms with Gasteiger partial charge in [0.2, 0.25) is 5.88 Å². The summed E-state index contributed by atoms with van der Waals surface area (Å²) in [4.78, 5) is 19.7. The lowest BCUT2D eigenvalue weighted by atomic mass is 9.83. The smallest absolute Gasteiger partial charge is 0.319 e. The second-order valence-electron chi connectivity index (χ2n) is 7.90. The van der Waals surface area contributed by atoms with E-state index in [9.17, 15) is 5.11 Å². The molecule has 8 heteroatoms. The Hall–Kier alpha value is -2.32. The van der Waals surface area contributed by atoms with Crippen LogP contribution >= 0.6 is 0 Å². The summed E-state index contributed by atoms with van der Waals surface area (Å²) in [6.45, 7) is 9.21. The van der Waals surface area contributed by atoms with Crippen molar-refractivity contribution in [2.24, 2.45) is 11.8 Å². The zero-order chi connectivity index (χ0) is 20.4. The molecule has 0 bridgehead atoms. The van der Waals surface area contributed by atoms with E-state index in [0.717, 1.165) is 37.4 Å². The van der Waals surface area contributed by atoms with Gasteiger partial charge in [-0.25, -0.2) is 15.0 Å². The summed E-state index contributed by atoms with van der Waals surface area (Å²) in [6, 6.07) is 0.283. The zero-order valence-corrected chi connectivity index (χ0v) is 17.3. The van der Waals surface area contributed by atoms with E-state index in [1.807, 2.05) is 33.2 Å². The first-order chi connectivity index (χ1) is 14.0. The van der Waals surface area contributed by atoms with Gasteiger partial charge in [-0.3, -0.25) is 4.90 Å². The van der Waals surface area contributed by atoms with Crippen LogP contribution in [0.4, 0.5) is 0 Å². The van der Waals surface area contributed by atoms with Crippen molar-refractivity contribution in [1.82, 2.24) is 24.8 Å². The zero-order valence-electron chi connectivity index (χ0n) is 17.3. The molecule has 8 nitrogen and oxygen atoms in total. The molecule has 0 radical (unpaired) electrons. The highest BCUT2D eigenvalue weighted by Gasteiger charge is 2.53. The molecule has 3 atom stereocenters. The highest BCUT2D eigenvalue weighted by Crippen LogP contribution is 2.52. The van der Waals surface area contributed by atoms with E-state index >= 15 is 0 Å². The van der Waals surface area contributed by atoms with Crippen molar-refractivity contribution in [2.45, 2.75) is 45.8 Å². The number of aromatic nitrogens is 4. The molecular weight excluding hydrogens is 370 g/mol. The maximum absolute atomic E-state index is 11.7. The van der Waals surface area contributed by atoms with Gasteiger partial charge >= 0.3 is 6.01 Å². The highest BCUT2D eigenvalue weighted by atomic mass is 16.5. The number of fused-ring (bicyclic) bond motifs is 1. The van der Waals surface area contributed by atoms with E-state index in [4.69, 9.17) is 9.47 Å². The van der Waals surface area contributed by atoms with Crippen LogP contribution in [0.5, 0.6) is 11.9 Å². The van der Waals surface area contributed by atoms with Gasteiger partial charge in [0.15, 0.2) is 0 Å². The molecule has 156 valence electrons. The summed E-state index contributed by atoms with van der Waals surface area (Å²) in [6.07, 6.45) is 7.12. The third-order valence-corrected chi connectivity index (χ3v) is 6.02. The molecule has 0 amide bonds. The first-order valence-electron chi connectivity index (χ1n) is 10.4. The van der Waals surface area contributed by atoms with Crippen LogP contribution in [-0.2, 0) is 12.1 Å². The molecule has 1 saturated heterocycles. The van der Waals surface area contributed by atoms with Gasteiger partial charge in [0.1, 0.15) is 11.4 Å². The number of aryl methyl sites for hydroxylation is 1. The van der Waals surface area contributed by atoms with E-state index in [0.29, 0.717) is 37.0 Å². The molecule has 1 saturated carbocycles. The van der Waals surface area contributed by atoms with Crippen molar-refractivity contribution in [2.75, 3.05) is 26.3 Å². The standard InChI is InChI=1S/C21H29N5O3/c1-4-28-19-17(10-24-20(25-19)29-5-2)21(27)7-6-16-12-26(13-18(16)21)11-15-8-22-14(3)23-9-15/h8-10,16,18,27H,4-7,11-13H2,1-3H3/t16-,18+,21+/m0/s1. The van der Waals surface area contributed by atoms with E-state index in [2.05, 4.69) is 24.8 Å². The topological polar surface area (TPSA) is 93.5 Å². The minimum absolute atomic E-state index is 0.120. The van der Waals surface area contributed by atoms with E-state index in [1.54, 1.807) is 6.20 Å². The third-order valence-electron chi connectivity index (χ3n) is 6.02. The van der Waals surface area contributed by atoms with Crippen LogP contribution in [0, 0.1) is 18.8 Å². The Morgan fingerprint density at radius 3 is 2.59 bits per heavy atom. The number of hydrogen-bond donors (Lipinski definition) is 1. The lowest BCUT2D eigenvalue weighted by Gasteiger charge is -2.31.